The molecule has 1 amide bonds. The van der Waals surface area contributed by atoms with E-state index in [1.807, 2.05) is 12.1 Å². The van der Waals surface area contributed by atoms with Crippen LogP contribution in [0.25, 0.3) is 11.0 Å². The van der Waals surface area contributed by atoms with Gasteiger partial charge in [-0.25, -0.2) is 4.98 Å². The number of methoxy groups -OCH3 is 1. The molecule has 1 atom stereocenters. The van der Waals surface area contributed by atoms with E-state index in [-0.39, 0.29) is 11.8 Å². The number of carbonyl (C=O) groups is 1. The van der Waals surface area contributed by atoms with E-state index in [0.29, 0.717) is 5.92 Å². The zero-order valence-electron chi connectivity index (χ0n) is 12.0. The summed E-state index contributed by atoms with van der Waals surface area (Å²) in [7, 11) is 1.65. The fourth-order valence-corrected chi connectivity index (χ4v) is 2.72. The number of carbonyl (C=O) groups excluding carboxylic acids is 1. The van der Waals surface area contributed by atoms with Crippen LogP contribution in [0.4, 0.5) is 0 Å². The molecule has 3 rings (SSSR count). The Kier molecular flexibility index (Phi) is 3.12. The van der Waals surface area contributed by atoms with Crippen LogP contribution in [0.5, 0.6) is 5.75 Å². The Hall–Kier alpha value is -2.04. The molecule has 0 bridgehead atoms. The van der Waals surface area contributed by atoms with Crippen molar-refractivity contribution in [1.29, 1.82) is 0 Å². The van der Waals surface area contributed by atoms with E-state index < -0.39 is 0 Å². The van der Waals surface area contributed by atoms with Gasteiger partial charge in [0.15, 0.2) is 0 Å². The number of fused-ring (bicyclic) bond motifs is 1. The predicted octanol–water partition coefficient (Wildman–Crippen LogP) is 2.30. The maximum atomic E-state index is 11.9. The Morgan fingerprint density at radius 2 is 2.20 bits per heavy atom. The first-order valence-electron chi connectivity index (χ1n) is 6.96. The maximum absolute atomic E-state index is 11.9. The molecule has 20 heavy (non-hydrogen) atoms. The molecule has 1 unspecified atom stereocenters. The molecule has 0 spiro atoms. The van der Waals surface area contributed by atoms with Gasteiger partial charge in [0.25, 0.3) is 0 Å². The number of ether oxygens (including phenoxy) is 1. The van der Waals surface area contributed by atoms with Gasteiger partial charge in [-0.05, 0) is 18.1 Å². The normalized spacial score (nSPS) is 18.8. The molecule has 0 saturated carbocycles. The second-order valence-electron chi connectivity index (χ2n) is 5.49. The summed E-state index contributed by atoms with van der Waals surface area (Å²) in [5.41, 5.74) is 2.72. The third-order valence-corrected chi connectivity index (χ3v) is 3.85. The van der Waals surface area contributed by atoms with Crippen molar-refractivity contribution in [3.05, 3.63) is 23.5 Å². The highest BCUT2D eigenvalue weighted by Gasteiger charge is 2.29. The molecule has 5 nitrogen and oxygen atoms in total. The zero-order valence-corrected chi connectivity index (χ0v) is 12.0. The topological polar surface area (TPSA) is 67.0 Å². The van der Waals surface area contributed by atoms with Gasteiger partial charge in [-0.15, -0.1) is 0 Å². The van der Waals surface area contributed by atoms with E-state index in [1.165, 1.54) is 0 Å². The highest BCUT2D eigenvalue weighted by molar-refractivity contribution is 5.93. The summed E-state index contributed by atoms with van der Waals surface area (Å²) in [5, 5.41) is 2.88. The van der Waals surface area contributed by atoms with Gasteiger partial charge in [-0.3, -0.25) is 4.79 Å². The third kappa shape index (κ3) is 1.94. The van der Waals surface area contributed by atoms with Gasteiger partial charge in [-0.2, -0.15) is 0 Å². The first-order valence-corrected chi connectivity index (χ1v) is 6.96. The lowest BCUT2D eigenvalue weighted by atomic mass is 9.96. The second kappa shape index (κ2) is 4.81. The van der Waals surface area contributed by atoms with Gasteiger partial charge in [0, 0.05) is 12.5 Å². The van der Waals surface area contributed by atoms with Crippen LogP contribution in [-0.4, -0.2) is 29.5 Å². The number of amides is 1. The molecular weight excluding hydrogens is 254 g/mol. The van der Waals surface area contributed by atoms with Gasteiger partial charge >= 0.3 is 0 Å². The summed E-state index contributed by atoms with van der Waals surface area (Å²) in [6, 6.07) is 3.87. The van der Waals surface area contributed by atoms with Crippen molar-refractivity contribution >= 4 is 16.9 Å². The van der Waals surface area contributed by atoms with Gasteiger partial charge < -0.3 is 15.0 Å². The lowest BCUT2D eigenvalue weighted by molar-refractivity contribution is -0.120. The zero-order chi connectivity index (χ0) is 14.3. The van der Waals surface area contributed by atoms with Crippen LogP contribution in [0.3, 0.4) is 0 Å². The molecule has 5 heteroatoms. The summed E-state index contributed by atoms with van der Waals surface area (Å²) >= 11 is 0. The van der Waals surface area contributed by atoms with Gasteiger partial charge in [0.1, 0.15) is 17.1 Å². The number of hydrogen-bond acceptors (Lipinski definition) is 3. The van der Waals surface area contributed by atoms with E-state index in [2.05, 4.69) is 29.1 Å². The maximum Gasteiger partial charge on any atom is 0.227 e. The van der Waals surface area contributed by atoms with Gasteiger partial charge in [0.2, 0.25) is 5.91 Å². The Morgan fingerprint density at radius 3 is 2.80 bits per heavy atom. The number of nitrogens with zero attached hydrogens (tertiary/aromatic N) is 1. The van der Waals surface area contributed by atoms with E-state index in [4.69, 9.17) is 4.74 Å². The van der Waals surface area contributed by atoms with Crippen molar-refractivity contribution in [3.8, 4) is 5.75 Å². The molecule has 0 radical (unpaired) electrons. The molecule has 1 fully saturated rings. The van der Waals surface area contributed by atoms with Crippen LogP contribution in [0.1, 0.15) is 43.5 Å². The molecule has 2 heterocycles. The van der Waals surface area contributed by atoms with Crippen molar-refractivity contribution in [2.45, 2.75) is 32.1 Å². The Bertz CT molecular complexity index is 660. The summed E-state index contributed by atoms with van der Waals surface area (Å²) in [6.45, 7) is 4.91. The third-order valence-electron chi connectivity index (χ3n) is 3.85. The fourth-order valence-electron chi connectivity index (χ4n) is 2.72. The number of hydrogen-bond donors (Lipinski definition) is 2. The van der Waals surface area contributed by atoms with Crippen molar-refractivity contribution in [2.75, 3.05) is 13.7 Å². The molecule has 2 N–H and O–H groups in total. The Morgan fingerprint density at radius 1 is 1.40 bits per heavy atom. The number of aromatic amines is 1. The van der Waals surface area contributed by atoms with E-state index >= 15 is 0 Å². The summed E-state index contributed by atoms with van der Waals surface area (Å²) in [4.78, 5) is 19.9. The number of aromatic nitrogens is 2. The molecule has 106 valence electrons. The number of imidazole rings is 1. The smallest absolute Gasteiger partial charge is 0.227 e. The highest BCUT2D eigenvalue weighted by atomic mass is 16.5. The molecule has 1 aliphatic heterocycles. The van der Waals surface area contributed by atoms with Crippen molar-refractivity contribution in [1.82, 2.24) is 15.3 Å². The monoisotopic (exact) mass is 273 g/mol. The SMILES string of the molecule is COc1ccc(C2CCNC2=O)c2nc(C(C)C)[nH]c12. The van der Waals surface area contributed by atoms with Crippen molar-refractivity contribution in [2.24, 2.45) is 0 Å². The quantitative estimate of drug-likeness (QED) is 0.901. The lowest BCUT2D eigenvalue weighted by Gasteiger charge is -2.09. The second-order valence-corrected chi connectivity index (χ2v) is 5.49. The van der Waals surface area contributed by atoms with Crippen LogP contribution in [-0.2, 0) is 4.79 Å². The highest BCUT2D eigenvalue weighted by Crippen LogP contribution is 2.34. The summed E-state index contributed by atoms with van der Waals surface area (Å²) in [6.07, 6.45) is 0.824. The van der Waals surface area contributed by atoms with Crippen LogP contribution >= 0.6 is 0 Å². The lowest BCUT2D eigenvalue weighted by Crippen LogP contribution is -2.18. The number of H-pyrrole nitrogens is 1. The number of nitrogens with one attached hydrogen (secondary N) is 2. The van der Waals surface area contributed by atoms with Gasteiger partial charge in [0.05, 0.1) is 18.5 Å². The minimum absolute atomic E-state index is 0.0885. The fraction of sp³-hybridized carbons (Fsp3) is 0.467. The van der Waals surface area contributed by atoms with E-state index in [1.54, 1.807) is 7.11 Å². The molecule has 1 aliphatic rings. The summed E-state index contributed by atoms with van der Waals surface area (Å²) < 4.78 is 5.39. The average Bonchev–Trinajstić information content (AvgIpc) is 3.04. The predicted molar refractivity (Wildman–Crippen MR) is 77.1 cm³/mol. The van der Waals surface area contributed by atoms with Crippen LogP contribution in [0.15, 0.2) is 12.1 Å². The van der Waals surface area contributed by atoms with Crippen LogP contribution in [0, 0.1) is 0 Å². The van der Waals surface area contributed by atoms with E-state index in [9.17, 15) is 4.79 Å². The van der Waals surface area contributed by atoms with Gasteiger partial charge in [-0.1, -0.05) is 19.9 Å². The molecule has 2 aromatic rings. The van der Waals surface area contributed by atoms with Crippen molar-refractivity contribution in [3.63, 3.8) is 0 Å². The minimum atomic E-state index is -0.105. The Balaban J connectivity index is 2.20. The largest absolute Gasteiger partial charge is 0.494 e. The standard InChI is InChI=1S/C15H19N3O2/c1-8(2)14-17-12-9(10-6-7-16-15(10)19)4-5-11(20-3)13(12)18-14/h4-5,8,10H,6-7H2,1-3H3,(H,16,19)(H,17,18). The first-order chi connectivity index (χ1) is 9.61. The Labute approximate surface area is 117 Å². The molecule has 1 aromatic heterocycles. The van der Waals surface area contributed by atoms with Crippen LogP contribution < -0.4 is 10.1 Å². The molecular formula is C15H19N3O2. The van der Waals surface area contributed by atoms with E-state index in [0.717, 1.165) is 41.1 Å². The van der Waals surface area contributed by atoms with Crippen molar-refractivity contribution < 1.29 is 9.53 Å². The molecule has 0 aliphatic carbocycles. The number of benzene rings is 1. The average molecular weight is 273 g/mol. The summed E-state index contributed by atoms with van der Waals surface area (Å²) in [5.74, 6) is 1.97. The molecule has 1 saturated heterocycles. The molecule has 1 aromatic carbocycles. The number of rotatable bonds is 3. The minimum Gasteiger partial charge on any atom is -0.494 e. The van der Waals surface area contributed by atoms with Crippen LogP contribution in [0.2, 0.25) is 0 Å². The first kappa shape index (κ1) is 13.0.